The van der Waals surface area contributed by atoms with Gasteiger partial charge < -0.3 is 15.4 Å². The minimum absolute atomic E-state index is 0.0267. The molecule has 0 radical (unpaired) electrons. The van der Waals surface area contributed by atoms with Gasteiger partial charge in [0.1, 0.15) is 24.7 Å². The van der Waals surface area contributed by atoms with Gasteiger partial charge in [-0.1, -0.05) is 0 Å². The van der Waals surface area contributed by atoms with Crippen molar-refractivity contribution in [2.24, 2.45) is 0 Å². The summed E-state index contributed by atoms with van der Waals surface area (Å²) in [5.74, 6) is 0.315. The van der Waals surface area contributed by atoms with Crippen LogP contribution in [0.15, 0.2) is 12.7 Å². The van der Waals surface area contributed by atoms with Crippen LogP contribution in [-0.4, -0.2) is 32.2 Å². The van der Waals surface area contributed by atoms with Crippen LogP contribution >= 0.6 is 8.25 Å². The summed E-state index contributed by atoms with van der Waals surface area (Å²) >= 11 is 0. The molecule has 3 rings (SSSR count). The molecule has 2 aromatic heterocycles. The van der Waals surface area contributed by atoms with Crippen molar-refractivity contribution in [1.82, 2.24) is 19.5 Å². The number of hydrogen-bond acceptors (Lipinski definition) is 8. The number of hydrogen-bond donors (Lipinski definition) is 1. The third kappa shape index (κ3) is 2.48. The number of nitrogen functional groups attached to an aromatic ring is 1. The quantitative estimate of drug-likeness (QED) is 0.788. The third-order valence-electron chi connectivity index (χ3n) is 3.15. The topological polar surface area (TPSA) is 128 Å². The van der Waals surface area contributed by atoms with Gasteiger partial charge in [-0.3, -0.25) is 4.57 Å². The molecule has 20 heavy (non-hydrogen) atoms. The Bertz CT molecular complexity index is 648. The summed E-state index contributed by atoms with van der Waals surface area (Å²) in [6.45, 7) is 0.0267. The molecule has 106 valence electrons. The summed E-state index contributed by atoms with van der Waals surface area (Å²) in [5.41, 5.74) is 6.84. The average Bonchev–Trinajstić information content (AvgIpc) is 3.02. The highest BCUT2D eigenvalue weighted by molar-refractivity contribution is 7.30. The highest BCUT2D eigenvalue weighted by atomic mass is 31.1. The second-order valence-electron chi connectivity index (χ2n) is 4.39. The third-order valence-corrected chi connectivity index (χ3v) is 3.51. The molecular weight excluding hydrogens is 285 g/mol. The van der Waals surface area contributed by atoms with E-state index in [2.05, 4.69) is 19.5 Å². The molecule has 1 aliphatic heterocycles. The highest BCUT2D eigenvalue weighted by Gasteiger charge is 2.29. The number of nitrogens with zero attached hydrogens (tertiary/aromatic N) is 4. The predicted octanol–water partition coefficient (Wildman–Crippen LogP) is 0.120. The van der Waals surface area contributed by atoms with E-state index in [1.54, 1.807) is 10.9 Å². The maximum atomic E-state index is 10.4. The van der Waals surface area contributed by atoms with Gasteiger partial charge in [0, 0.05) is 0 Å². The summed E-state index contributed by atoms with van der Waals surface area (Å²) < 4.78 is 22.4. The summed E-state index contributed by atoms with van der Waals surface area (Å²) in [7, 11) is -2.84. The smallest absolute Gasteiger partial charge is 0.488 e. The van der Waals surface area contributed by atoms with Gasteiger partial charge in [0.2, 0.25) is 0 Å². The zero-order valence-corrected chi connectivity index (χ0v) is 11.3. The van der Waals surface area contributed by atoms with Crippen LogP contribution < -0.4 is 10.6 Å². The number of aromatic nitrogens is 4. The van der Waals surface area contributed by atoms with E-state index >= 15 is 0 Å². The second-order valence-corrected chi connectivity index (χ2v) is 5.10. The molecule has 10 heteroatoms. The first kappa shape index (κ1) is 13.3. The van der Waals surface area contributed by atoms with E-state index in [-0.39, 0.29) is 18.9 Å². The maximum Gasteiger partial charge on any atom is 0.488 e. The van der Waals surface area contributed by atoms with Gasteiger partial charge in [0.25, 0.3) is 0 Å². The predicted molar refractivity (Wildman–Crippen MR) is 66.4 cm³/mol. The van der Waals surface area contributed by atoms with Gasteiger partial charge in [0.05, 0.1) is 12.4 Å². The minimum atomic E-state index is -2.84. The van der Waals surface area contributed by atoms with Gasteiger partial charge in [-0.15, -0.1) is 4.52 Å². The Labute approximate surface area is 114 Å². The van der Waals surface area contributed by atoms with E-state index in [1.807, 2.05) is 0 Å². The van der Waals surface area contributed by atoms with E-state index in [0.29, 0.717) is 23.4 Å². The van der Waals surface area contributed by atoms with Crippen LogP contribution in [0.2, 0.25) is 0 Å². The van der Waals surface area contributed by atoms with Gasteiger partial charge in [-0.05, 0) is 17.4 Å². The van der Waals surface area contributed by atoms with Crippen molar-refractivity contribution in [1.29, 1.82) is 0 Å². The molecule has 2 N–H and O–H groups in total. The lowest BCUT2D eigenvalue weighted by atomic mass is 10.2. The number of anilines is 1. The molecule has 0 amide bonds. The summed E-state index contributed by atoms with van der Waals surface area (Å²) in [6.07, 6.45) is 3.87. The van der Waals surface area contributed by atoms with Crippen LogP contribution in [0.3, 0.4) is 0 Å². The molecular formula is C10H12N5O4P. The number of ether oxygens (including phenoxy) is 1. The number of nitrogens with two attached hydrogens (primary N) is 1. The minimum Gasteiger partial charge on any atom is -0.566 e. The SMILES string of the molecule is Nc1ncnc2c1ncn2[C@H]1CC[C@@H](CO[P+](=O)[O-])O1. The molecule has 0 bridgehead atoms. The Kier molecular flexibility index (Phi) is 3.58. The Hall–Kier alpha value is -1.67. The van der Waals surface area contributed by atoms with Gasteiger partial charge in [-0.2, -0.15) is 0 Å². The summed E-state index contributed by atoms with van der Waals surface area (Å²) in [5, 5.41) is 0. The van der Waals surface area contributed by atoms with Gasteiger partial charge in [-0.25, -0.2) is 15.0 Å². The van der Waals surface area contributed by atoms with Crippen molar-refractivity contribution in [3.8, 4) is 0 Å². The molecule has 1 saturated heterocycles. The molecule has 1 fully saturated rings. The van der Waals surface area contributed by atoms with Crippen LogP contribution in [-0.2, 0) is 13.8 Å². The molecule has 9 nitrogen and oxygen atoms in total. The fourth-order valence-corrected chi connectivity index (χ4v) is 2.53. The largest absolute Gasteiger partial charge is 0.566 e. The van der Waals surface area contributed by atoms with Crippen LogP contribution in [0.5, 0.6) is 0 Å². The van der Waals surface area contributed by atoms with Crippen LogP contribution in [0.4, 0.5) is 5.82 Å². The van der Waals surface area contributed by atoms with Crippen LogP contribution in [0, 0.1) is 0 Å². The Morgan fingerprint density at radius 1 is 1.50 bits per heavy atom. The molecule has 0 spiro atoms. The lowest BCUT2D eigenvalue weighted by Crippen LogP contribution is -2.16. The molecule has 3 atom stereocenters. The lowest BCUT2D eigenvalue weighted by molar-refractivity contribution is -0.188. The Balaban J connectivity index is 1.76. The van der Waals surface area contributed by atoms with E-state index in [0.717, 1.165) is 6.42 Å². The molecule has 0 aliphatic carbocycles. The first-order valence-corrected chi connectivity index (χ1v) is 7.10. The fourth-order valence-electron chi connectivity index (χ4n) is 2.24. The monoisotopic (exact) mass is 297 g/mol. The van der Waals surface area contributed by atoms with Gasteiger partial charge >= 0.3 is 8.25 Å². The summed E-state index contributed by atoms with van der Waals surface area (Å²) in [4.78, 5) is 22.6. The molecule has 1 aliphatic rings. The van der Waals surface area contributed by atoms with Crippen LogP contribution in [0.25, 0.3) is 11.2 Å². The van der Waals surface area contributed by atoms with E-state index in [9.17, 15) is 9.46 Å². The Morgan fingerprint density at radius 2 is 2.35 bits per heavy atom. The molecule has 1 unspecified atom stereocenters. The molecule has 2 aromatic rings. The average molecular weight is 297 g/mol. The van der Waals surface area contributed by atoms with Crippen molar-refractivity contribution in [2.45, 2.75) is 25.2 Å². The molecule has 0 saturated carbocycles. The van der Waals surface area contributed by atoms with Crippen LogP contribution in [0.1, 0.15) is 19.1 Å². The van der Waals surface area contributed by atoms with E-state index in [4.69, 9.17) is 10.5 Å². The highest BCUT2D eigenvalue weighted by Crippen LogP contribution is 2.31. The van der Waals surface area contributed by atoms with Crippen molar-refractivity contribution < 1.29 is 18.7 Å². The molecule has 0 aromatic carbocycles. The standard InChI is InChI=1S/C10H12N5O4P/c11-9-8-10(13-4-12-9)15(5-14-8)7-2-1-6(19-7)3-18-20(16)17/h4-7H,1-3H2,(H2,11,12,13)/t6-,7+/m0/s1. The fraction of sp³-hybridized carbons (Fsp3) is 0.500. The van der Waals surface area contributed by atoms with Crippen molar-refractivity contribution in [3.05, 3.63) is 12.7 Å². The Morgan fingerprint density at radius 3 is 3.15 bits per heavy atom. The van der Waals surface area contributed by atoms with Crippen molar-refractivity contribution >= 4 is 25.2 Å². The first-order chi connectivity index (χ1) is 9.65. The van der Waals surface area contributed by atoms with Crippen molar-refractivity contribution in [2.75, 3.05) is 12.3 Å². The lowest BCUT2D eigenvalue weighted by Gasteiger charge is -2.13. The normalized spacial score (nSPS) is 23.4. The summed E-state index contributed by atoms with van der Waals surface area (Å²) in [6, 6.07) is 0. The maximum absolute atomic E-state index is 10.4. The van der Waals surface area contributed by atoms with Gasteiger partial charge in [0.15, 0.2) is 11.5 Å². The first-order valence-electron chi connectivity index (χ1n) is 6.01. The number of fused-ring (bicyclic) bond motifs is 1. The molecule has 3 heterocycles. The number of imidazole rings is 1. The zero-order chi connectivity index (χ0) is 14.1. The van der Waals surface area contributed by atoms with E-state index in [1.165, 1.54) is 6.33 Å². The number of rotatable bonds is 4. The van der Waals surface area contributed by atoms with Crippen molar-refractivity contribution in [3.63, 3.8) is 0 Å². The zero-order valence-electron chi connectivity index (χ0n) is 10.4. The van der Waals surface area contributed by atoms with E-state index < -0.39 is 8.25 Å². The second kappa shape index (κ2) is 5.37.